The number of pyridine rings is 1. The van der Waals surface area contributed by atoms with Crippen molar-refractivity contribution >= 4 is 0 Å². The molecule has 0 saturated carbocycles. The topological polar surface area (TPSA) is 33.1 Å². The highest BCUT2D eigenvalue weighted by Crippen LogP contribution is 2.28. The molecule has 76 valence electrons. The Bertz CT molecular complexity index is 335. The molecular formula is C9H8F3NO. The number of aliphatic hydroxyl groups is 1. The molecule has 14 heavy (non-hydrogen) atoms. The van der Waals surface area contributed by atoms with Gasteiger partial charge >= 0.3 is 6.18 Å². The first-order chi connectivity index (χ1) is 6.45. The molecule has 1 unspecified atom stereocenters. The number of rotatable bonds is 2. The summed E-state index contributed by atoms with van der Waals surface area (Å²) in [6.45, 7) is 3.28. The van der Waals surface area contributed by atoms with Crippen LogP contribution < -0.4 is 0 Å². The summed E-state index contributed by atoms with van der Waals surface area (Å²) in [5.41, 5.74) is -0.891. The minimum Gasteiger partial charge on any atom is -0.384 e. The lowest BCUT2D eigenvalue weighted by Crippen LogP contribution is -2.08. The smallest absolute Gasteiger partial charge is 0.384 e. The van der Waals surface area contributed by atoms with Crippen molar-refractivity contribution in [3.05, 3.63) is 42.2 Å². The summed E-state index contributed by atoms with van der Waals surface area (Å²) in [5.74, 6) is 0. The van der Waals surface area contributed by atoms with Crippen LogP contribution in [0.25, 0.3) is 0 Å². The molecule has 1 atom stereocenters. The van der Waals surface area contributed by atoms with Crippen LogP contribution in [0.2, 0.25) is 0 Å². The highest BCUT2D eigenvalue weighted by Gasteiger charge is 2.32. The fourth-order valence-electron chi connectivity index (χ4n) is 0.922. The first kappa shape index (κ1) is 10.7. The highest BCUT2D eigenvalue weighted by molar-refractivity contribution is 5.22. The molecule has 1 rings (SSSR count). The zero-order valence-corrected chi connectivity index (χ0v) is 7.12. The van der Waals surface area contributed by atoms with Gasteiger partial charge in [-0.1, -0.05) is 6.08 Å². The molecule has 0 amide bonds. The maximum atomic E-state index is 12.2. The van der Waals surface area contributed by atoms with Crippen LogP contribution in [0.3, 0.4) is 0 Å². The SMILES string of the molecule is C=CC(O)c1ccnc(C(F)(F)F)c1. The molecule has 0 radical (unpaired) electrons. The van der Waals surface area contributed by atoms with Gasteiger partial charge in [0.1, 0.15) is 5.69 Å². The van der Waals surface area contributed by atoms with E-state index < -0.39 is 18.0 Å². The summed E-state index contributed by atoms with van der Waals surface area (Å²) in [6, 6.07) is 2.11. The third kappa shape index (κ3) is 2.32. The van der Waals surface area contributed by atoms with Crippen molar-refractivity contribution in [2.75, 3.05) is 0 Å². The monoisotopic (exact) mass is 203 g/mol. The maximum absolute atomic E-state index is 12.2. The molecule has 1 N–H and O–H groups in total. The third-order valence-corrected chi connectivity index (χ3v) is 1.64. The van der Waals surface area contributed by atoms with Gasteiger partial charge < -0.3 is 5.11 Å². The van der Waals surface area contributed by atoms with Crippen molar-refractivity contribution in [3.8, 4) is 0 Å². The summed E-state index contributed by atoms with van der Waals surface area (Å²) in [4.78, 5) is 3.16. The third-order valence-electron chi connectivity index (χ3n) is 1.64. The molecular weight excluding hydrogens is 195 g/mol. The number of aromatic nitrogens is 1. The Balaban J connectivity index is 3.07. The fraction of sp³-hybridized carbons (Fsp3) is 0.222. The molecule has 0 aliphatic rings. The van der Waals surface area contributed by atoms with E-state index in [9.17, 15) is 18.3 Å². The van der Waals surface area contributed by atoms with Crippen molar-refractivity contribution < 1.29 is 18.3 Å². The van der Waals surface area contributed by atoms with E-state index in [4.69, 9.17) is 0 Å². The van der Waals surface area contributed by atoms with Crippen molar-refractivity contribution in [2.24, 2.45) is 0 Å². The summed E-state index contributed by atoms with van der Waals surface area (Å²) < 4.78 is 36.5. The molecule has 0 saturated heterocycles. The Kier molecular flexibility index (Phi) is 2.90. The van der Waals surface area contributed by atoms with Gasteiger partial charge in [0.05, 0.1) is 6.10 Å². The number of hydrogen-bond acceptors (Lipinski definition) is 2. The molecule has 1 heterocycles. The molecule has 0 fully saturated rings. The van der Waals surface area contributed by atoms with Crippen LogP contribution >= 0.6 is 0 Å². The number of alkyl halides is 3. The van der Waals surface area contributed by atoms with E-state index in [1.807, 2.05) is 0 Å². The van der Waals surface area contributed by atoms with Gasteiger partial charge in [-0.05, 0) is 17.7 Å². The lowest BCUT2D eigenvalue weighted by Gasteiger charge is -2.09. The predicted octanol–water partition coefficient (Wildman–Crippen LogP) is 2.32. The van der Waals surface area contributed by atoms with Gasteiger partial charge in [-0.15, -0.1) is 6.58 Å². The molecule has 0 bridgehead atoms. The molecule has 1 aromatic rings. The first-order valence-electron chi connectivity index (χ1n) is 3.79. The van der Waals surface area contributed by atoms with E-state index in [2.05, 4.69) is 11.6 Å². The van der Waals surface area contributed by atoms with Crippen LogP contribution in [0.1, 0.15) is 17.4 Å². The molecule has 1 aromatic heterocycles. The van der Waals surface area contributed by atoms with E-state index in [0.29, 0.717) is 0 Å². The molecule has 0 aliphatic carbocycles. The van der Waals surface area contributed by atoms with E-state index in [1.165, 1.54) is 6.07 Å². The highest BCUT2D eigenvalue weighted by atomic mass is 19.4. The van der Waals surface area contributed by atoms with Crippen LogP contribution in [0.5, 0.6) is 0 Å². The van der Waals surface area contributed by atoms with Crippen molar-refractivity contribution in [2.45, 2.75) is 12.3 Å². The summed E-state index contributed by atoms with van der Waals surface area (Å²) in [7, 11) is 0. The first-order valence-corrected chi connectivity index (χ1v) is 3.79. The maximum Gasteiger partial charge on any atom is 0.433 e. The molecule has 0 aromatic carbocycles. The zero-order valence-electron chi connectivity index (χ0n) is 7.12. The van der Waals surface area contributed by atoms with Crippen molar-refractivity contribution in [1.29, 1.82) is 0 Å². The molecule has 2 nitrogen and oxygen atoms in total. The van der Waals surface area contributed by atoms with Gasteiger partial charge in [0, 0.05) is 6.20 Å². The second-order valence-corrected chi connectivity index (χ2v) is 2.65. The van der Waals surface area contributed by atoms with Crippen LogP contribution in [0.4, 0.5) is 13.2 Å². The standard InChI is InChI=1S/C9H8F3NO/c1-2-7(14)6-3-4-13-8(5-6)9(10,11)12/h2-5,7,14H,1H2. The number of halogens is 3. The second kappa shape index (κ2) is 3.79. The minimum absolute atomic E-state index is 0.127. The van der Waals surface area contributed by atoms with Crippen LogP contribution in [0.15, 0.2) is 31.0 Å². The van der Waals surface area contributed by atoms with Gasteiger partial charge in [-0.3, -0.25) is 4.98 Å². The Morgan fingerprint density at radius 2 is 2.14 bits per heavy atom. The van der Waals surface area contributed by atoms with Crippen molar-refractivity contribution in [1.82, 2.24) is 4.98 Å². The molecule has 0 spiro atoms. The van der Waals surface area contributed by atoms with Crippen LogP contribution in [-0.4, -0.2) is 10.1 Å². The van der Waals surface area contributed by atoms with Gasteiger partial charge in [0.15, 0.2) is 0 Å². The Morgan fingerprint density at radius 3 is 2.64 bits per heavy atom. The van der Waals surface area contributed by atoms with Crippen LogP contribution in [0, 0.1) is 0 Å². The predicted molar refractivity (Wildman–Crippen MR) is 44.4 cm³/mol. The summed E-state index contributed by atoms with van der Waals surface area (Å²) >= 11 is 0. The number of hydrogen-bond donors (Lipinski definition) is 1. The zero-order chi connectivity index (χ0) is 10.8. The van der Waals surface area contributed by atoms with E-state index >= 15 is 0 Å². The average Bonchev–Trinajstić information content (AvgIpc) is 2.15. The second-order valence-electron chi connectivity index (χ2n) is 2.65. The van der Waals surface area contributed by atoms with Gasteiger partial charge in [0.2, 0.25) is 0 Å². The van der Waals surface area contributed by atoms with Gasteiger partial charge in [-0.25, -0.2) is 0 Å². The fourth-order valence-corrected chi connectivity index (χ4v) is 0.922. The quantitative estimate of drug-likeness (QED) is 0.748. The minimum atomic E-state index is -4.49. The van der Waals surface area contributed by atoms with E-state index in [-0.39, 0.29) is 5.56 Å². The number of aliphatic hydroxyl groups excluding tert-OH is 1. The number of nitrogens with zero attached hydrogens (tertiary/aromatic N) is 1. The Labute approximate surface area is 78.7 Å². The lowest BCUT2D eigenvalue weighted by atomic mass is 10.1. The lowest BCUT2D eigenvalue weighted by molar-refractivity contribution is -0.141. The van der Waals surface area contributed by atoms with Crippen molar-refractivity contribution in [3.63, 3.8) is 0 Å². The average molecular weight is 203 g/mol. The molecule has 5 heteroatoms. The van der Waals surface area contributed by atoms with E-state index in [1.54, 1.807) is 0 Å². The summed E-state index contributed by atoms with van der Waals surface area (Å²) in [6.07, 6.45) is -3.43. The Hall–Kier alpha value is -1.36. The van der Waals surface area contributed by atoms with E-state index in [0.717, 1.165) is 18.3 Å². The normalized spacial score (nSPS) is 13.7. The van der Waals surface area contributed by atoms with Gasteiger partial charge in [0.25, 0.3) is 0 Å². The summed E-state index contributed by atoms with van der Waals surface area (Å²) in [5, 5.41) is 9.21. The van der Waals surface area contributed by atoms with Crippen LogP contribution in [-0.2, 0) is 6.18 Å². The van der Waals surface area contributed by atoms with Gasteiger partial charge in [-0.2, -0.15) is 13.2 Å². The largest absolute Gasteiger partial charge is 0.433 e. The molecule has 0 aliphatic heterocycles. The Morgan fingerprint density at radius 1 is 1.50 bits per heavy atom.